The molecule has 1 saturated carbocycles. The van der Waals surface area contributed by atoms with Crippen LogP contribution in [0.4, 0.5) is 0 Å². The molecule has 1 fully saturated rings. The highest BCUT2D eigenvalue weighted by Crippen LogP contribution is 2.30. The monoisotopic (exact) mass is 365 g/mol. The molecule has 140 valence electrons. The van der Waals surface area contributed by atoms with E-state index in [4.69, 9.17) is 9.15 Å². The number of amides is 1. The van der Waals surface area contributed by atoms with Crippen LogP contribution in [-0.4, -0.2) is 24.0 Å². The summed E-state index contributed by atoms with van der Waals surface area (Å²) in [6.45, 7) is 1.62. The minimum Gasteiger partial charge on any atom is -0.464 e. The van der Waals surface area contributed by atoms with Crippen LogP contribution < -0.4 is 5.32 Å². The Balaban J connectivity index is 1.46. The molecule has 0 spiro atoms. The Morgan fingerprint density at radius 2 is 1.96 bits per heavy atom. The lowest BCUT2D eigenvalue weighted by atomic mass is 10.0. The van der Waals surface area contributed by atoms with Gasteiger partial charge in [-0.25, -0.2) is 0 Å². The Hall–Kier alpha value is -2.82. The lowest BCUT2D eigenvalue weighted by Gasteiger charge is -2.17. The van der Waals surface area contributed by atoms with Crippen molar-refractivity contribution >= 4 is 33.6 Å². The number of fused-ring (bicyclic) bond motifs is 3. The summed E-state index contributed by atoms with van der Waals surface area (Å²) in [6.07, 6.45) is 5.15. The van der Waals surface area contributed by atoms with E-state index in [0.29, 0.717) is 0 Å². The van der Waals surface area contributed by atoms with Crippen LogP contribution in [0.1, 0.15) is 38.2 Å². The predicted molar refractivity (Wildman–Crippen MR) is 103 cm³/mol. The second-order valence-electron chi connectivity index (χ2n) is 7.22. The maximum atomic E-state index is 12.4. The quantitative estimate of drug-likeness (QED) is 0.691. The molecule has 1 aromatic heterocycles. The number of rotatable bonds is 5. The number of benzene rings is 2. The van der Waals surface area contributed by atoms with Gasteiger partial charge in [0.1, 0.15) is 5.58 Å². The van der Waals surface area contributed by atoms with E-state index in [9.17, 15) is 9.59 Å². The molecule has 1 atom stereocenters. The minimum absolute atomic E-state index is 0.0715. The molecule has 0 saturated heterocycles. The topological polar surface area (TPSA) is 68.5 Å². The summed E-state index contributed by atoms with van der Waals surface area (Å²) in [5, 5.41) is 6.01. The Labute approximate surface area is 157 Å². The average Bonchev–Trinajstić information content (AvgIpc) is 3.31. The molecule has 0 bridgehead atoms. The van der Waals surface area contributed by atoms with Crippen molar-refractivity contribution in [2.24, 2.45) is 0 Å². The molecule has 27 heavy (non-hydrogen) atoms. The van der Waals surface area contributed by atoms with Crippen molar-refractivity contribution in [3.63, 3.8) is 0 Å². The minimum atomic E-state index is -0.798. The number of nitrogens with one attached hydrogen (secondary N) is 1. The summed E-state index contributed by atoms with van der Waals surface area (Å²) in [5.41, 5.74) is 1.51. The van der Waals surface area contributed by atoms with Crippen LogP contribution in [0.25, 0.3) is 21.7 Å². The summed E-state index contributed by atoms with van der Waals surface area (Å²) < 4.78 is 11.0. The first-order chi connectivity index (χ1) is 13.1. The Morgan fingerprint density at radius 3 is 2.78 bits per heavy atom. The molecule has 4 rings (SSSR count). The van der Waals surface area contributed by atoms with Gasteiger partial charge in [0, 0.05) is 17.0 Å². The molecule has 1 heterocycles. The summed E-state index contributed by atoms with van der Waals surface area (Å²) in [6, 6.07) is 12.1. The van der Waals surface area contributed by atoms with Crippen LogP contribution in [0.2, 0.25) is 0 Å². The van der Waals surface area contributed by atoms with Gasteiger partial charge in [0.15, 0.2) is 6.10 Å². The Morgan fingerprint density at radius 1 is 1.19 bits per heavy atom. The number of hydrogen-bond donors (Lipinski definition) is 1. The SMILES string of the molecule is C[C@@H](OC(=O)Cc1coc2ccc3ccccc3c12)C(=O)NC1CCCC1. The van der Waals surface area contributed by atoms with E-state index in [1.807, 2.05) is 36.4 Å². The van der Waals surface area contributed by atoms with Gasteiger partial charge in [0.2, 0.25) is 0 Å². The molecule has 5 nitrogen and oxygen atoms in total. The van der Waals surface area contributed by atoms with Gasteiger partial charge < -0.3 is 14.5 Å². The van der Waals surface area contributed by atoms with E-state index in [2.05, 4.69) is 5.32 Å². The third kappa shape index (κ3) is 3.68. The molecule has 1 aliphatic rings. The van der Waals surface area contributed by atoms with Crippen molar-refractivity contribution in [2.75, 3.05) is 0 Å². The van der Waals surface area contributed by atoms with Crippen molar-refractivity contribution in [2.45, 2.75) is 51.2 Å². The van der Waals surface area contributed by atoms with E-state index in [1.165, 1.54) is 0 Å². The van der Waals surface area contributed by atoms with Crippen molar-refractivity contribution < 1.29 is 18.7 Å². The van der Waals surface area contributed by atoms with Crippen molar-refractivity contribution in [1.82, 2.24) is 5.32 Å². The first kappa shape index (κ1) is 17.6. The van der Waals surface area contributed by atoms with Gasteiger partial charge in [0.25, 0.3) is 5.91 Å². The largest absolute Gasteiger partial charge is 0.464 e. The van der Waals surface area contributed by atoms with Crippen LogP contribution in [0.5, 0.6) is 0 Å². The highest BCUT2D eigenvalue weighted by Gasteiger charge is 2.23. The van der Waals surface area contributed by atoms with Gasteiger partial charge in [-0.1, -0.05) is 43.2 Å². The highest BCUT2D eigenvalue weighted by molar-refractivity contribution is 6.08. The number of hydrogen-bond acceptors (Lipinski definition) is 4. The van der Waals surface area contributed by atoms with E-state index in [-0.39, 0.29) is 18.4 Å². The molecule has 3 aromatic rings. The first-order valence-corrected chi connectivity index (χ1v) is 9.49. The normalized spacial score (nSPS) is 15.9. The zero-order chi connectivity index (χ0) is 18.8. The standard InChI is InChI=1S/C22H23NO4/c1-14(22(25)23-17-7-3-4-8-17)27-20(24)12-16-13-26-19-11-10-15-6-2-5-9-18(15)21(16)19/h2,5-6,9-11,13-14,17H,3-4,7-8,12H2,1H3,(H,23,25)/t14-/m1/s1. The second kappa shape index (κ2) is 7.43. The lowest BCUT2D eigenvalue weighted by Crippen LogP contribution is -2.41. The Kier molecular flexibility index (Phi) is 4.84. The van der Waals surface area contributed by atoms with E-state index < -0.39 is 12.1 Å². The molecular formula is C22H23NO4. The van der Waals surface area contributed by atoms with Crippen LogP contribution in [0.3, 0.4) is 0 Å². The van der Waals surface area contributed by atoms with Gasteiger partial charge >= 0.3 is 5.97 Å². The number of esters is 1. The van der Waals surface area contributed by atoms with E-state index in [0.717, 1.165) is 53.0 Å². The predicted octanol–water partition coefficient (Wildman–Crippen LogP) is 4.12. The fourth-order valence-corrected chi connectivity index (χ4v) is 3.84. The van der Waals surface area contributed by atoms with Gasteiger partial charge in [-0.05, 0) is 36.6 Å². The molecule has 0 radical (unpaired) electrons. The van der Waals surface area contributed by atoms with Crippen LogP contribution >= 0.6 is 0 Å². The first-order valence-electron chi connectivity index (χ1n) is 9.49. The maximum Gasteiger partial charge on any atom is 0.311 e. The van der Waals surface area contributed by atoms with Gasteiger partial charge in [-0.2, -0.15) is 0 Å². The smallest absolute Gasteiger partial charge is 0.311 e. The fraction of sp³-hybridized carbons (Fsp3) is 0.364. The van der Waals surface area contributed by atoms with Crippen molar-refractivity contribution in [1.29, 1.82) is 0 Å². The van der Waals surface area contributed by atoms with Crippen LogP contribution in [0.15, 0.2) is 47.1 Å². The lowest BCUT2D eigenvalue weighted by molar-refractivity contribution is -0.154. The number of furan rings is 1. The molecule has 1 aliphatic carbocycles. The van der Waals surface area contributed by atoms with Crippen LogP contribution in [-0.2, 0) is 20.7 Å². The van der Waals surface area contributed by atoms with Crippen molar-refractivity contribution in [3.8, 4) is 0 Å². The summed E-state index contributed by atoms with van der Waals surface area (Å²) >= 11 is 0. The molecule has 0 unspecified atom stereocenters. The molecule has 1 N–H and O–H groups in total. The van der Waals surface area contributed by atoms with Crippen LogP contribution in [0, 0.1) is 0 Å². The average molecular weight is 365 g/mol. The van der Waals surface area contributed by atoms with E-state index in [1.54, 1.807) is 13.2 Å². The molecule has 2 aromatic carbocycles. The summed E-state index contributed by atoms with van der Waals surface area (Å²) in [7, 11) is 0. The Bertz CT molecular complexity index is 984. The molecule has 1 amide bonds. The summed E-state index contributed by atoms with van der Waals surface area (Å²) in [5.74, 6) is -0.655. The van der Waals surface area contributed by atoms with E-state index >= 15 is 0 Å². The summed E-state index contributed by atoms with van der Waals surface area (Å²) in [4.78, 5) is 24.6. The number of carbonyl (C=O) groups is 2. The zero-order valence-corrected chi connectivity index (χ0v) is 15.4. The third-order valence-corrected chi connectivity index (χ3v) is 5.25. The highest BCUT2D eigenvalue weighted by atomic mass is 16.5. The second-order valence-corrected chi connectivity index (χ2v) is 7.22. The third-order valence-electron chi connectivity index (χ3n) is 5.25. The molecule has 5 heteroatoms. The molecule has 0 aliphatic heterocycles. The number of ether oxygens (including phenoxy) is 1. The number of carbonyl (C=O) groups excluding carboxylic acids is 2. The zero-order valence-electron chi connectivity index (χ0n) is 15.4. The molecular weight excluding hydrogens is 342 g/mol. The van der Waals surface area contributed by atoms with Gasteiger partial charge in [0.05, 0.1) is 12.7 Å². The van der Waals surface area contributed by atoms with Crippen molar-refractivity contribution in [3.05, 3.63) is 48.2 Å². The maximum absolute atomic E-state index is 12.4. The van der Waals surface area contributed by atoms with Gasteiger partial charge in [-0.3, -0.25) is 9.59 Å². The fourth-order valence-electron chi connectivity index (χ4n) is 3.84. The van der Waals surface area contributed by atoms with Gasteiger partial charge in [-0.15, -0.1) is 0 Å².